The lowest BCUT2D eigenvalue weighted by atomic mass is 9.97. The molecular formula is C17H14BrIN2. The van der Waals surface area contributed by atoms with Crippen LogP contribution in [0.25, 0.3) is 10.9 Å². The highest BCUT2D eigenvalue weighted by atomic mass is 127. The summed E-state index contributed by atoms with van der Waals surface area (Å²) in [6.45, 7) is 0. The molecule has 0 aliphatic rings. The zero-order chi connectivity index (χ0) is 14.8. The number of rotatable bonds is 3. The molecule has 0 aliphatic heterocycles. The molecule has 0 bridgehead atoms. The van der Waals surface area contributed by atoms with Crippen molar-refractivity contribution in [1.29, 1.82) is 0 Å². The number of hydrogen-bond donors (Lipinski definition) is 1. The van der Waals surface area contributed by atoms with Crippen LogP contribution < -0.4 is 5.73 Å². The Labute approximate surface area is 146 Å². The summed E-state index contributed by atoms with van der Waals surface area (Å²) < 4.78 is 2.26. The van der Waals surface area contributed by atoms with E-state index in [0.717, 1.165) is 22.0 Å². The maximum Gasteiger partial charge on any atom is 0.0704 e. The van der Waals surface area contributed by atoms with Crippen LogP contribution in [-0.4, -0.2) is 4.98 Å². The van der Waals surface area contributed by atoms with E-state index in [1.165, 1.54) is 14.5 Å². The van der Waals surface area contributed by atoms with Gasteiger partial charge in [0, 0.05) is 25.7 Å². The van der Waals surface area contributed by atoms with Gasteiger partial charge in [-0.25, -0.2) is 0 Å². The van der Waals surface area contributed by atoms with Crippen LogP contribution in [0.1, 0.15) is 17.2 Å². The summed E-state index contributed by atoms with van der Waals surface area (Å²) in [6, 6.07) is 16.5. The summed E-state index contributed by atoms with van der Waals surface area (Å²) in [5.74, 6) is 0. The highest BCUT2D eigenvalue weighted by molar-refractivity contribution is 14.1. The van der Waals surface area contributed by atoms with Gasteiger partial charge in [0.1, 0.15) is 0 Å². The van der Waals surface area contributed by atoms with Gasteiger partial charge in [0.25, 0.3) is 0 Å². The minimum atomic E-state index is -0.0418. The van der Waals surface area contributed by atoms with E-state index >= 15 is 0 Å². The van der Waals surface area contributed by atoms with E-state index in [1.807, 2.05) is 24.4 Å². The van der Waals surface area contributed by atoms with Crippen molar-refractivity contribution in [2.45, 2.75) is 12.5 Å². The number of nitrogens with two attached hydrogens (primary N) is 1. The van der Waals surface area contributed by atoms with Crippen LogP contribution in [0.4, 0.5) is 0 Å². The number of nitrogens with zero attached hydrogens (tertiary/aromatic N) is 1. The Morgan fingerprint density at radius 1 is 1.14 bits per heavy atom. The van der Waals surface area contributed by atoms with Gasteiger partial charge in [-0.05, 0) is 70.5 Å². The molecule has 0 saturated carbocycles. The normalized spacial score (nSPS) is 12.5. The van der Waals surface area contributed by atoms with Gasteiger partial charge in [-0.15, -0.1) is 0 Å². The molecule has 1 unspecified atom stereocenters. The maximum atomic E-state index is 6.43. The molecule has 1 aromatic heterocycles. The molecule has 2 aromatic carbocycles. The SMILES string of the molecule is NC(Cc1ccnc2ccccc12)c1cc(I)ccc1Br. The Bertz CT molecular complexity index is 783. The van der Waals surface area contributed by atoms with Crippen LogP contribution in [0.2, 0.25) is 0 Å². The van der Waals surface area contributed by atoms with E-state index in [-0.39, 0.29) is 6.04 Å². The minimum Gasteiger partial charge on any atom is -0.324 e. The van der Waals surface area contributed by atoms with Crippen molar-refractivity contribution in [3.8, 4) is 0 Å². The number of fused-ring (bicyclic) bond motifs is 1. The average molecular weight is 453 g/mol. The van der Waals surface area contributed by atoms with Gasteiger partial charge in [-0.2, -0.15) is 0 Å². The van der Waals surface area contributed by atoms with Crippen molar-refractivity contribution in [2.24, 2.45) is 5.73 Å². The van der Waals surface area contributed by atoms with E-state index in [4.69, 9.17) is 5.73 Å². The molecule has 2 nitrogen and oxygen atoms in total. The highest BCUT2D eigenvalue weighted by Gasteiger charge is 2.13. The number of hydrogen-bond acceptors (Lipinski definition) is 2. The molecule has 0 radical (unpaired) electrons. The second kappa shape index (κ2) is 6.42. The van der Waals surface area contributed by atoms with Crippen LogP contribution in [-0.2, 0) is 6.42 Å². The first-order valence-electron chi connectivity index (χ1n) is 6.68. The van der Waals surface area contributed by atoms with Gasteiger partial charge in [0.2, 0.25) is 0 Å². The molecule has 0 saturated heterocycles. The van der Waals surface area contributed by atoms with Crippen LogP contribution in [0, 0.1) is 3.57 Å². The molecule has 1 heterocycles. The van der Waals surface area contributed by atoms with Crippen molar-refractivity contribution in [3.05, 3.63) is 73.9 Å². The van der Waals surface area contributed by atoms with Gasteiger partial charge in [0.05, 0.1) is 5.52 Å². The van der Waals surface area contributed by atoms with Crippen molar-refractivity contribution < 1.29 is 0 Å². The quantitative estimate of drug-likeness (QED) is 0.577. The molecule has 0 amide bonds. The fourth-order valence-corrected chi connectivity index (χ4v) is 3.53. The fourth-order valence-electron chi connectivity index (χ4n) is 2.48. The maximum absolute atomic E-state index is 6.43. The van der Waals surface area contributed by atoms with Gasteiger partial charge >= 0.3 is 0 Å². The summed E-state index contributed by atoms with van der Waals surface area (Å²) in [6.07, 6.45) is 2.65. The highest BCUT2D eigenvalue weighted by Crippen LogP contribution is 2.28. The fraction of sp³-hybridized carbons (Fsp3) is 0.118. The number of benzene rings is 2. The second-order valence-electron chi connectivity index (χ2n) is 4.96. The molecule has 3 rings (SSSR count). The zero-order valence-electron chi connectivity index (χ0n) is 11.3. The number of aromatic nitrogens is 1. The first-order valence-corrected chi connectivity index (χ1v) is 8.55. The average Bonchev–Trinajstić information content (AvgIpc) is 2.50. The second-order valence-corrected chi connectivity index (χ2v) is 7.06. The van der Waals surface area contributed by atoms with Crippen molar-refractivity contribution >= 4 is 49.4 Å². The molecule has 106 valence electrons. The first kappa shape index (κ1) is 14.9. The third kappa shape index (κ3) is 3.27. The third-order valence-electron chi connectivity index (χ3n) is 3.54. The smallest absolute Gasteiger partial charge is 0.0704 e. The minimum absolute atomic E-state index is 0.0418. The third-order valence-corrected chi connectivity index (χ3v) is 4.93. The summed E-state index contributed by atoms with van der Waals surface area (Å²) >= 11 is 5.91. The Balaban J connectivity index is 1.96. The van der Waals surface area contributed by atoms with Crippen LogP contribution in [0.15, 0.2) is 59.2 Å². The molecule has 0 fully saturated rings. The van der Waals surface area contributed by atoms with Gasteiger partial charge in [-0.3, -0.25) is 4.98 Å². The van der Waals surface area contributed by atoms with Gasteiger partial charge < -0.3 is 5.73 Å². The lowest BCUT2D eigenvalue weighted by molar-refractivity contribution is 0.721. The lowest BCUT2D eigenvalue weighted by Gasteiger charge is -2.15. The monoisotopic (exact) mass is 452 g/mol. The van der Waals surface area contributed by atoms with E-state index in [2.05, 4.69) is 73.8 Å². The molecule has 0 spiro atoms. The summed E-state index contributed by atoms with van der Waals surface area (Å²) in [5.41, 5.74) is 9.83. The molecule has 0 aliphatic carbocycles. The topological polar surface area (TPSA) is 38.9 Å². The van der Waals surface area contributed by atoms with E-state index < -0.39 is 0 Å². The van der Waals surface area contributed by atoms with E-state index in [1.54, 1.807) is 0 Å². The Kier molecular flexibility index (Phi) is 4.57. The predicted molar refractivity (Wildman–Crippen MR) is 99.2 cm³/mol. The summed E-state index contributed by atoms with van der Waals surface area (Å²) in [7, 11) is 0. The zero-order valence-corrected chi connectivity index (χ0v) is 15.0. The Morgan fingerprint density at radius 3 is 2.81 bits per heavy atom. The molecule has 4 heteroatoms. The first-order chi connectivity index (χ1) is 10.1. The number of para-hydroxylation sites is 1. The predicted octanol–water partition coefficient (Wildman–Crippen LogP) is 4.84. The lowest BCUT2D eigenvalue weighted by Crippen LogP contribution is -2.14. The standard InChI is InChI=1S/C17H14BrIN2/c18-15-6-5-12(19)10-14(15)16(20)9-11-7-8-21-17-4-2-1-3-13(11)17/h1-8,10,16H,9,20H2. The number of pyridine rings is 1. The Morgan fingerprint density at radius 2 is 1.95 bits per heavy atom. The molecule has 2 N–H and O–H groups in total. The van der Waals surface area contributed by atoms with Crippen molar-refractivity contribution in [1.82, 2.24) is 4.98 Å². The van der Waals surface area contributed by atoms with Gasteiger partial charge in [0.15, 0.2) is 0 Å². The largest absolute Gasteiger partial charge is 0.324 e. The van der Waals surface area contributed by atoms with Crippen molar-refractivity contribution in [3.63, 3.8) is 0 Å². The van der Waals surface area contributed by atoms with Crippen LogP contribution in [0.3, 0.4) is 0 Å². The summed E-state index contributed by atoms with van der Waals surface area (Å²) in [4.78, 5) is 4.40. The van der Waals surface area contributed by atoms with Crippen LogP contribution >= 0.6 is 38.5 Å². The van der Waals surface area contributed by atoms with Crippen molar-refractivity contribution in [2.75, 3.05) is 0 Å². The molecular weight excluding hydrogens is 439 g/mol. The molecule has 21 heavy (non-hydrogen) atoms. The van der Waals surface area contributed by atoms with Crippen LogP contribution in [0.5, 0.6) is 0 Å². The van der Waals surface area contributed by atoms with E-state index in [0.29, 0.717) is 0 Å². The van der Waals surface area contributed by atoms with Gasteiger partial charge in [-0.1, -0.05) is 34.1 Å². The number of halogens is 2. The molecule has 1 atom stereocenters. The van der Waals surface area contributed by atoms with E-state index in [9.17, 15) is 0 Å². The molecule has 3 aromatic rings. The summed E-state index contributed by atoms with van der Waals surface area (Å²) in [5, 5.41) is 1.18. The Hall–Kier alpha value is -0.980.